The zero-order chi connectivity index (χ0) is 10.7. The third kappa shape index (κ3) is 2.79. The van der Waals surface area contributed by atoms with Gasteiger partial charge in [-0.15, -0.1) is 11.3 Å². The number of likely N-dealkylation sites (tertiary alicyclic amines) is 1. The molecule has 0 amide bonds. The average molecular weight is 225 g/mol. The molecule has 0 spiro atoms. The second kappa shape index (κ2) is 4.77. The van der Waals surface area contributed by atoms with Gasteiger partial charge in [-0.3, -0.25) is 9.69 Å². The molecule has 0 aromatic carbocycles. The van der Waals surface area contributed by atoms with E-state index in [9.17, 15) is 4.79 Å². The van der Waals surface area contributed by atoms with Gasteiger partial charge in [-0.1, -0.05) is 6.07 Å². The first-order valence-corrected chi connectivity index (χ1v) is 6.11. The number of thiophene rings is 1. The molecule has 15 heavy (non-hydrogen) atoms. The van der Waals surface area contributed by atoms with Crippen molar-refractivity contribution in [1.82, 2.24) is 4.90 Å². The first-order chi connectivity index (χ1) is 7.25. The van der Waals surface area contributed by atoms with Crippen molar-refractivity contribution in [2.75, 3.05) is 13.1 Å². The minimum atomic E-state index is -0.647. The van der Waals surface area contributed by atoms with Crippen molar-refractivity contribution in [2.24, 2.45) is 5.92 Å². The second-order valence-corrected chi connectivity index (χ2v) is 5.02. The molecule has 3 nitrogen and oxygen atoms in total. The van der Waals surface area contributed by atoms with Crippen molar-refractivity contribution in [3.63, 3.8) is 0 Å². The van der Waals surface area contributed by atoms with Crippen molar-refractivity contribution < 1.29 is 9.90 Å². The van der Waals surface area contributed by atoms with E-state index in [1.165, 1.54) is 4.88 Å². The van der Waals surface area contributed by atoms with E-state index in [0.717, 1.165) is 25.9 Å². The summed E-state index contributed by atoms with van der Waals surface area (Å²) in [5.41, 5.74) is 0. The maximum absolute atomic E-state index is 10.9. The Morgan fingerprint density at radius 2 is 2.53 bits per heavy atom. The van der Waals surface area contributed by atoms with Crippen LogP contribution in [0.15, 0.2) is 17.5 Å². The molecule has 4 heteroatoms. The van der Waals surface area contributed by atoms with Gasteiger partial charge in [0.05, 0.1) is 5.92 Å². The number of nitrogens with zero attached hydrogens (tertiary/aromatic N) is 1. The molecule has 1 aromatic heterocycles. The molecule has 2 rings (SSSR count). The van der Waals surface area contributed by atoms with Crippen LogP contribution in [0.3, 0.4) is 0 Å². The first kappa shape index (κ1) is 10.6. The van der Waals surface area contributed by atoms with Crippen LogP contribution in [-0.2, 0) is 11.3 Å². The highest BCUT2D eigenvalue weighted by Crippen LogP contribution is 2.20. The summed E-state index contributed by atoms with van der Waals surface area (Å²) in [5.74, 6) is -0.815. The predicted molar refractivity (Wildman–Crippen MR) is 60.0 cm³/mol. The summed E-state index contributed by atoms with van der Waals surface area (Å²) in [6.07, 6.45) is 1.83. The van der Waals surface area contributed by atoms with Crippen molar-refractivity contribution >= 4 is 17.3 Å². The number of piperidine rings is 1. The molecule has 1 saturated heterocycles. The lowest BCUT2D eigenvalue weighted by Crippen LogP contribution is -2.37. The van der Waals surface area contributed by atoms with E-state index in [4.69, 9.17) is 5.11 Å². The molecule has 0 unspecified atom stereocenters. The van der Waals surface area contributed by atoms with Crippen LogP contribution in [0.4, 0.5) is 0 Å². The van der Waals surface area contributed by atoms with Gasteiger partial charge in [-0.05, 0) is 30.8 Å². The Hall–Kier alpha value is -0.870. The standard InChI is InChI=1S/C11H15NO2S/c13-11(14)9-3-1-5-12(7-9)8-10-4-2-6-15-10/h2,4,6,9H,1,3,5,7-8H2,(H,13,14)/t9-/m1/s1. The van der Waals surface area contributed by atoms with Gasteiger partial charge in [-0.2, -0.15) is 0 Å². The van der Waals surface area contributed by atoms with Gasteiger partial charge >= 0.3 is 5.97 Å². The number of carboxylic acids is 1. The highest BCUT2D eigenvalue weighted by Gasteiger charge is 2.25. The minimum Gasteiger partial charge on any atom is -0.481 e. The topological polar surface area (TPSA) is 40.5 Å². The van der Waals surface area contributed by atoms with Gasteiger partial charge in [0.2, 0.25) is 0 Å². The van der Waals surface area contributed by atoms with Gasteiger partial charge in [0.25, 0.3) is 0 Å². The number of hydrogen-bond donors (Lipinski definition) is 1. The number of carbonyl (C=O) groups is 1. The van der Waals surface area contributed by atoms with Crippen LogP contribution in [0.25, 0.3) is 0 Å². The summed E-state index contributed by atoms with van der Waals surface area (Å²) in [4.78, 5) is 14.4. The van der Waals surface area contributed by atoms with Gasteiger partial charge in [0.1, 0.15) is 0 Å². The summed E-state index contributed by atoms with van der Waals surface area (Å²) in [7, 11) is 0. The monoisotopic (exact) mass is 225 g/mol. The van der Waals surface area contributed by atoms with Gasteiger partial charge < -0.3 is 5.11 Å². The Morgan fingerprint density at radius 3 is 3.20 bits per heavy atom. The van der Waals surface area contributed by atoms with Crippen molar-refractivity contribution in [1.29, 1.82) is 0 Å². The number of aliphatic carboxylic acids is 1. The lowest BCUT2D eigenvalue weighted by molar-refractivity contribution is -0.143. The average Bonchev–Trinajstić information content (AvgIpc) is 2.71. The quantitative estimate of drug-likeness (QED) is 0.856. The van der Waals surface area contributed by atoms with Crippen molar-refractivity contribution in [3.05, 3.63) is 22.4 Å². The molecule has 0 saturated carbocycles. The predicted octanol–water partition coefficient (Wildman–Crippen LogP) is 2.04. The molecule has 82 valence electrons. The molecule has 0 bridgehead atoms. The molecular formula is C11H15NO2S. The van der Waals surface area contributed by atoms with Crippen molar-refractivity contribution in [2.45, 2.75) is 19.4 Å². The fourth-order valence-electron chi connectivity index (χ4n) is 2.02. The molecule has 1 N–H and O–H groups in total. The Bertz CT molecular complexity index is 323. The Balaban J connectivity index is 1.90. The lowest BCUT2D eigenvalue weighted by Gasteiger charge is -2.30. The lowest BCUT2D eigenvalue weighted by atomic mass is 9.98. The zero-order valence-electron chi connectivity index (χ0n) is 8.56. The van der Waals surface area contributed by atoms with Gasteiger partial charge in [-0.25, -0.2) is 0 Å². The number of rotatable bonds is 3. The first-order valence-electron chi connectivity index (χ1n) is 5.23. The molecule has 1 aromatic rings. The molecule has 1 aliphatic rings. The highest BCUT2D eigenvalue weighted by molar-refractivity contribution is 7.09. The Morgan fingerprint density at radius 1 is 1.67 bits per heavy atom. The SMILES string of the molecule is O=C(O)[C@@H]1CCCN(Cc2cccs2)C1. The van der Waals surface area contributed by atoms with E-state index in [2.05, 4.69) is 16.3 Å². The maximum atomic E-state index is 10.9. The largest absolute Gasteiger partial charge is 0.481 e. The minimum absolute atomic E-state index is 0.168. The van der Waals surface area contributed by atoms with Crippen LogP contribution in [0, 0.1) is 5.92 Å². The van der Waals surface area contributed by atoms with Crippen LogP contribution >= 0.6 is 11.3 Å². The highest BCUT2D eigenvalue weighted by atomic mass is 32.1. The van der Waals surface area contributed by atoms with Crippen LogP contribution in [0.5, 0.6) is 0 Å². The van der Waals surface area contributed by atoms with Crippen LogP contribution in [0.1, 0.15) is 17.7 Å². The Labute approximate surface area is 93.3 Å². The summed E-state index contributed by atoms with van der Waals surface area (Å²) in [5, 5.41) is 11.0. The summed E-state index contributed by atoms with van der Waals surface area (Å²) >= 11 is 1.74. The molecular weight excluding hydrogens is 210 g/mol. The van der Waals surface area contributed by atoms with Gasteiger partial charge in [0.15, 0.2) is 0 Å². The molecule has 0 aliphatic carbocycles. The third-order valence-corrected chi connectivity index (χ3v) is 3.68. The molecule has 2 heterocycles. The van der Waals surface area contributed by atoms with Crippen molar-refractivity contribution in [3.8, 4) is 0 Å². The van der Waals surface area contributed by atoms with E-state index in [-0.39, 0.29) is 5.92 Å². The maximum Gasteiger partial charge on any atom is 0.307 e. The van der Waals surface area contributed by atoms with E-state index in [1.54, 1.807) is 11.3 Å². The van der Waals surface area contributed by atoms with Gasteiger partial charge in [0, 0.05) is 18.0 Å². The van der Waals surface area contributed by atoms with Crippen LogP contribution in [-0.4, -0.2) is 29.1 Å². The van der Waals surface area contributed by atoms with E-state index in [1.807, 2.05) is 6.07 Å². The molecule has 1 atom stereocenters. The normalized spacial score (nSPS) is 22.8. The van der Waals surface area contributed by atoms with E-state index in [0.29, 0.717) is 6.54 Å². The Kier molecular flexibility index (Phi) is 3.38. The number of hydrogen-bond acceptors (Lipinski definition) is 3. The van der Waals surface area contributed by atoms with E-state index >= 15 is 0 Å². The molecule has 0 radical (unpaired) electrons. The fraction of sp³-hybridized carbons (Fsp3) is 0.545. The zero-order valence-corrected chi connectivity index (χ0v) is 9.37. The number of carboxylic acid groups (broad SMARTS) is 1. The molecule has 1 fully saturated rings. The second-order valence-electron chi connectivity index (χ2n) is 3.99. The smallest absolute Gasteiger partial charge is 0.307 e. The summed E-state index contributed by atoms with van der Waals surface area (Å²) < 4.78 is 0. The summed E-state index contributed by atoms with van der Waals surface area (Å²) in [6, 6.07) is 4.15. The third-order valence-electron chi connectivity index (χ3n) is 2.81. The van der Waals surface area contributed by atoms with Crippen LogP contribution in [0.2, 0.25) is 0 Å². The summed E-state index contributed by atoms with van der Waals surface area (Å²) in [6.45, 7) is 2.64. The van der Waals surface area contributed by atoms with Crippen LogP contribution < -0.4 is 0 Å². The fourth-order valence-corrected chi connectivity index (χ4v) is 2.77. The molecule has 1 aliphatic heterocycles. The van der Waals surface area contributed by atoms with E-state index < -0.39 is 5.97 Å².